The average molecular weight is 847 g/mol. The van der Waals surface area contributed by atoms with Crippen LogP contribution in [0.4, 0.5) is 0 Å². The van der Waals surface area contributed by atoms with Gasteiger partial charge in [0, 0.05) is 19.3 Å². The van der Waals surface area contributed by atoms with E-state index >= 15 is 0 Å². The maximum absolute atomic E-state index is 12.7. The number of carbonyl (C=O) groups excluding carboxylic acids is 3. The molecule has 0 rings (SSSR count). The van der Waals surface area contributed by atoms with Crippen LogP contribution in [0.1, 0.15) is 213 Å². The standard InChI is InChI=1S/C55H90O6/c1-4-7-10-13-16-19-22-24-25-26-27-28-29-31-33-36-39-42-45-48-54(57)60-51-52(50-59-53(56)47-44-41-38-35-32-21-18-15-12-9-6-3)61-55(58)49-46-43-40-37-34-30-23-20-17-14-11-8-5-2/h7,10,15-16,18-19,21,24-25,27-28,30,32,34,40,43,52H,4-6,8-9,11-14,17,20,22-23,26,29,31,33,35-39,41-42,44-51H2,1-3H3/b10-7-,18-15-,19-16-,25-24-,28-27-,32-21-,34-30-,43-40-. The normalized spacial score (nSPS) is 12.9. The second kappa shape index (κ2) is 49.0. The molecule has 0 aliphatic carbocycles. The van der Waals surface area contributed by atoms with E-state index in [0.717, 1.165) is 103 Å². The smallest absolute Gasteiger partial charge is 0.306 e. The topological polar surface area (TPSA) is 78.9 Å². The fourth-order valence-electron chi connectivity index (χ4n) is 6.34. The van der Waals surface area contributed by atoms with Crippen molar-refractivity contribution in [1.82, 2.24) is 0 Å². The summed E-state index contributed by atoms with van der Waals surface area (Å²) >= 11 is 0. The molecule has 346 valence electrons. The molecule has 0 bridgehead atoms. The van der Waals surface area contributed by atoms with Crippen molar-refractivity contribution in [2.45, 2.75) is 219 Å². The van der Waals surface area contributed by atoms with E-state index < -0.39 is 12.1 Å². The van der Waals surface area contributed by atoms with Crippen LogP contribution in [-0.4, -0.2) is 37.2 Å². The zero-order chi connectivity index (χ0) is 44.4. The number of allylic oxidation sites excluding steroid dienone is 16. The molecule has 61 heavy (non-hydrogen) atoms. The van der Waals surface area contributed by atoms with Crippen molar-refractivity contribution in [2.75, 3.05) is 13.2 Å². The van der Waals surface area contributed by atoms with Crippen molar-refractivity contribution < 1.29 is 28.6 Å². The number of rotatable bonds is 43. The Balaban J connectivity index is 4.47. The van der Waals surface area contributed by atoms with Crippen LogP contribution in [0.2, 0.25) is 0 Å². The minimum atomic E-state index is -0.824. The molecule has 0 N–H and O–H groups in total. The van der Waals surface area contributed by atoms with E-state index in [1.807, 2.05) is 6.08 Å². The third kappa shape index (κ3) is 47.2. The molecule has 0 aromatic heterocycles. The Morgan fingerprint density at radius 3 is 1.23 bits per heavy atom. The molecule has 1 unspecified atom stereocenters. The van der Waals surface area contributed by atoms with Gasteiger partial charge in [-0.2, -0.15) is 0 Å². The lowest BCUT2D eigenvalue weighted by molar-refractivity contribution is -0.166. The van der Waals surface area contributed by atoms with Gasteiger partial charge >= 0.3 is 17.9 Å². The van der Waals surface area contributed by atoms with E-state index in [-0.39, 0.29) is 31.6 Å². The van der Waals surface area contributed by atoms with Crippen LogP contribution >= 0.6 is 0 Å². The van der Waals surface area contributed by atoms with Gasteiger partial charge in [-0.1, -0.05) is 195 Å². The van der Waals surface area contributed by atoms with Crippen molar-refractivity contribution in [3.8, 4) is 0 Å². The molecule has 0 spiro atoms. The lowest BCUT2D eigenvalue weighted by Crippen LogP contribution is -2.30. The van der Waals surface area contributed by atoms with Crippen LogP contribution in [0.25, 0.3) is 0 Å². The molecule has 0 fully saturated rings. The van der Waals surface area contributed by atoms with E-state index in [2.05, 4.69) is 112 Å². The number of ether oxygens (including phenoxy) is 3. The Labute approximate surface area is 375 Å². The third-order valence-electron chi connectivity index (χ3n) is 10.1. The Morgan fingerprint density at radius 2 is 0.738 bits per heavy atom. The van der Waals surface area contributed by atoms with Gasteiger partial charge in [-0.15, -0.1) is 0 Å². The summed E-state index contributed by atoms with van der Waals surface area (Å²) in [5, 5.41) is 0. The zero-order valence-corrected chi connectivity index (χ0v) is 39.4. The van der Waals surface area contributed by atoms with Gasteiger partial charge in [0.2, 0.25) is 0 Å². The van der Waals surface area contributed by atoms with Gasteiger partial charge in [0.25, 0.3) is 0 Å². The van der Waals surface area contributed by atoms with E-state index in [0.29, 0.717) is 19.3 Å². The summed E-state index contributed by atoms with van der Waals surface area (Å²) in [7, 11) is 0. The van der Waals surface area contributed by atoms with E-state index in [9.17, 15) is 14.4 Å². The molecule has 0 aliphatic rings. The highest BCUT2D eigenvalue weighted by atomic mass is 16.6. The van der Waals surface area contributed by atoms with E-state index in [4.69, 9.17) is 14.2 Å². The van der Waals surface area contributed by atoms with Crippen LogP contribution in [0, 0.1) is 0 Å². The summed E-state index contributed by atoms with van der Waals surface area (Å²) in [4.78, 5) is 37.8. The van der Waals surface area contributed by atoms with Gasteiger partial charge in [-0.25, -0.2) is 0 Å². The van der Waals surface area contributed by atoms with Gasteiger partial charge in [0.1, 0.15) is 13.2 Å². The van der Waals surface area contributed by atoms with Gasteiger partial charge in [-0.05, 0) is 96.3 Å². The molecular weight excluding hydrogens is 757 g/mol. The van der Waals surface area contributed by atoms with Crippen molar-refractivity contribution in [3.05, 3.63) is 97.2 Å². The molecule has 6 heteroatoms. The Kier molecular flexibility index (Phi) is 46.0. The molecule has 1 atom stereocenters. The molecule has 0 aliphatic heterocycles. The Morgan fingerprint density at radius 1 is 0.361 bits per heavy atom. The minimum Gasteiger partial charge on any atom is -0.462 e. The highest BCUT2D eigenvalue weighted by Gasteiger charge is 2.19. The first-order valence-electron chi connectivity index (χ1n) is 24.8. The van der Waals surface area contributed by atoms with Crippen LogP contribution in [-0.2, 0) is 28.6 Å². The number of hydrogen-bond donors (Lipinski definition) is 0. The highest BCUT2D eigenvalue weighted by molar-refractivity contribution is 5.71. The predicted molar refractivity (Wildman–Crippen MR) is 260 cm³/mol. The number of hydrogen-bond acceptors (Lipinski definition) is 6. The van der Waals surface area contributed by atoms with Crippen LogP contribution < -0.4 is 0 Å². The van der Waals surface area contributed by atoms with Crippen LogP contribution in [0.3, 0.4) is 0 Å². The lowest BCUT2D eigenvalue weighted by Gasteiger charge is -2.18. The molecule has 0 saturated carbocycles. The van der Waals surface area contributed by atoms with Crippen LogP contribution in [0.5, 0.6) is 0 Å². The monoisotopic (exact) mass is 847 g/mol. The first-order chi connectivity index (χ1) is 30.0. The van der Waals surface area contributed by atoms with Crippen molar-refractivity contribution in [2.24, 2.45) is 0 Å². The van der Waals surface area contributed by atoms with E-state index in [1.165, 1.54) is 64.2 Å². The van der Waals surface area contributed by atoms with Crippen molar-refractivity contribution in [1.29, 1.82) is 0 Å². The van der Waals surface area contributed by atoms with Gasteiger partial charge in [0.15, 0.2) is 6.10 Å². The fraction of sp³-hybridized carbons (Fsp3) is 0.655. The molecule has 0 heterocycles. The number of unbranched alkanes of at least 4 members (excludes halogenated alkanes) is 17. The first kappa shape index (κ1) is 57.3. The third-order valence-corrected chi connectivity index (χ3v) is 10.1. The largest absolute Gasteiger partial charge is 0.462 e. The fourth-order valence-corrected chi connectivity index (χ4v) is 6.34. The molecule has 0 saturated heterocycles. The SMILES string of the molecule is CC/C=C\C/C=C\C/C=C\C/C=C\CCCCCCCCC(=O)OCC(COC(=O)CCCCC/C=C\C=C/CCCC)OC(=O)CC/C=C\C/C=C\CCCCCCCC. The first-order valence-corrected chi connectivity index (χ1v) is 24.8. The van der Waals surface area contributed by atoms with Crippen LogP contribution in [0.15, 0.2) is 97.2 Å². The number of carbonyl (C=O) groups is 3. The number of esters is 3. The van der Waals surface area contributed by atoms with Gasteiger partial charge in [-0.3, -0.25) is 14.4 Å². The summed E-state index contributed by atoms with van der Waals surface area (Å²) in [6.45, 7) is 6.36. The maximum atomic E-state index is 12.7. The second-order valence-electron chi connectivity index (χ2n) is 16.0. The zero-order valence-electron chi connectivity index (χ0n) is 39.4. The summed E-state index contributed by atoms with van der Waals surface area (Å²) in [5.74, 6) is -1.03. The quantitative estimate of drug-likeness (QED) is 0.0200. The molecule has 0 aromatic rings. The van der Waals surface area contributed by atoms with Crippen molar-refractivity contribution in [3.63, 3.8) is 0 Å². The lowest BCUT2D eigenvalue weighted by atomic mass is 10.1. The summed E-state index contributed by atoms with van der Waals surface area (Å²) in [6.07, 6.45) is 64.0. The molecule has 0 amide bonds. The van der Waals surface area contributed by atoms with Gasteiger partial charge in [0.05, 0.1) is 0 Å². The minimum absolute atomic E-state index is 0.117. The summed E-state index contributed by atoms with van der Waals surface area (Å²) in [5.41, 5.74) is 0. The summed E-state index contributed by atoms with van der Waals surface area (Å²) in [6, 6.07) is 0. The van der Waals surface area contributed by atoms with E-state index in [1.54, 1.807) is 0 Å². The maximum Gasteiger partial charge on any atom is 0.306 e. The summed E-state index contributed by atoms with van der Waals surface area (Å²) < 4.78 is 16.7. The molecule has 6 nitrogen and oxygen atoms in total. The average Bonchev–Trinajstić information content (AvgIpc) is 3.26. The Bertz CT molecular complexity index is 1250. The predicted octanol–water partition coefficient (Wildman–Crippen LogP) is 16.2. The van der Waals surface area contributed by atoms with Crippen molar-refractivity contribution >= 4 is 17.9 Å². The van der Waals surface area contributed by atoms with Gasteiger partial charge < -0.3 is 14.2 Å². The second-order valence-corrected chi connectivity index (χ2v) is 16.0. The Hall–Kier alpha value is -3.67. The molecule has 0 radical (unpaired) electrons. The highest BCUT2D eigenvalue weighted by Crippen LogP contribution is 2.12. The molecule has 0 aromatic carbocycles. The molecular formula is C55H90O6.